The van der Waals surface area contributed by atoms with Crippen LogP contribution in [0.25, 0.3) is 0 Å². The number of carbonyl (C=O) groups is 2. The van der Waals surface area contributed by atoms with E-state index in [0.717, 1.165) is 0 Å². The van der Waals surface area contributed by atoms with Gasteiger partial charge in [-0.2, -0.15) is 0 Å². The molecule has 0 radical (unpaired) electrons. The van der Waals surface area contributed by atoms with Crippen LogP contribution in [0.4, 0.5) is 0 Å². The molecule has 1 unspecified atom stereocenters. The van der Waals surface area contributed by atoms with Gasteiger partial charge in [-0.05, 0) is 13.8 Å². The third kappa shape index (κ3) is 3.70. The molecule has 0 aromatic heterocycles. The largest absolute Gasteiger partial charge is 0.463 e. The van der Waals surface area contributed by atoms with E-state index in [9.17, 15) is 14.7 Å². The fraction of sp³-hybridized carbons (Fsp3) is 0.846. The van der Waals surface area contributed by atoms with Crippen LogP contribution in [0, 0.1) is 0 Å². The Morgan fingerprint density at radius 3 is 2.38 bits per heavy atom. The third-order valence-electron chi connectivity index (χ3n) is 3.17. The summed E-state index contributed by atoms with van der Waals surface area (Å²) >= 11 is 0. The van der Waals surface area contributed by atoms with Gasteiger partial charge in [0.25, 0.3) is 0 Å². The molecule has 5 atom stereocenters. The summed E-state index contributed by atoms with van der Waals surface area (Å²) in [5.74, 6) is -1.91. The Labute approximate surface area is 122 Å². The summed E-state index contributed by atoms with van der Waals surface area (Å²) in [5.41, 5.74) is 0. The Hall–Kier alpha value is -1.22. The molecule has 0 aromatic carbocycles. The molecule has 2 rings (SSSR count). The maximum atomic E-state index is 11.1. The molecule has 8 heteroatoms. The zero-order valence-electron chi connectivity index (χ0n) is 12.4. The van der Waals surface area contributed by atoms with Gasteiger partial charge in [0, 0.05) is 13.8 Å². The second-order valence-corrected chi connectivity index (χ2v) is 5.51. The van der Waals surface area contributed by atoms with Crippen LogP contribution in [0.2, 0.25) is 0 Å². The predicted molar refractivity (Wildman–Crippen MR) is 66.9 cm³/mol. The average Bonchev–Trinajstić information content (AvgIpc) is 2.80. The Bertz CT molecular complexity index is 420. The normalized spacial score (nSPS) is 35.1. The van der Waals surface area contributed by atoms with Crippen LogP contribution in [0.15, 0.2) is 0 Å². The van der Waals surface area contributed by atoms with Crippen molar-refractivity contribution >= 4 is 11.9 Å². The summed E-state index contributed by atoms with van der Waals surface area (Å²) in [5, 5.41) is 10.1. The lowest BCUT2D eigenvalue weighted by Crippen LogP contribution is -2.41. The van der Waals surface area contributed by atoms with Crippen molar-refractivity contribution in [3.05, 3.63) is 0 Å². The first kappa shape index (κ1) is 16.2. The van der Waals surface area contributed by atoms with E-state index in [0.29, 0.717) is 0 Å². The van der Waals surface area contributed by atoms with Gasteiger partial charge < -0.3 is 28.8 Å². The smallest absolute Gasteiger partial charge is 0.305 e. The average molecular weight is 304 g/mol. The van der Waals surface area contributed by atoms with Crippen molar-refractivity contribution in [1.29, 1.82) is 0 Å². The SMILES string of the molecule is CC(=O)OC[C@@H](O)[C@H]1OC(OC(C)=O)[C@H]2OC(C)(C)O[C@@H]12. The maximum Gasteiger partial charge on any atom is 0.305 e. The van der Waals surface area contributed by atoms with Crippen molar-refractivity contribution in [3.63, 3.8) is 0 Å². The number of rotatable bonds is 4. The molecule has 0 aromatic rings. The van der Waals surface area contributed by atoms with Crippen molar-refractivity contribution in [2.24, 2.45) is 0 Å². The van der Waals surface area contributed by atoms with Gasteiger partial charge in [-0.15, -0.1) is 0 Å². The lowest BCUT2D eigenvalue weighted by molar-refractivity contribution is -0.241. The maximum absolute atomic E-state index is 11.1. The highest BCUT2D eigenvalue weighted by Gasteiger charge is 2.58. The van der Waals surface area contributed by atoms with Crippen LogP contribution in [0.1, 0.15) is 27.7 Å². The van der Waals surface area contributed by atoms with Crippen LogP contribution >= 0.6 is 0 Å². The minimum atomic E-state index is -1.11. The molecule has 2 aliphatic heterocycles. The molecule has 1 N–H and O–H groups in total. The van der Waals surface area contributed by atoms with Crippen molar-refractivity contribution in [1.82, 2.24) is 0 Å². The summed E-state index contributed by atoms with van der Waals surface area (Å²) in [6.07, 6.45) is -4.15. The number of fused-ring (bicyclic) bond motifs is 1. The zero-order valence-corrected chi connectivity index (χ0v) is 12.4. The predicted octanol–water partition coefficient (Wildman–Crippen LogP) is -0.282. The van der Waals surface area contributed by atoms with E-state index in [-0.39, 0.29) is 6.61 Å². The van der Waals surface area contributed by atoms with Gasteiger partial charge in [-0.3, -0.25) is 9.59 Å². The summed E-state index contributed by atoms with van der Waals surface area (Å²) in [6, 6.07) is 0. The minimum Gasteiger partial charge on any atom is -0.463 e. The molecule has 21 heavy (non-hydrogen) atoms. The molecule has 120 valence electrons. The number of aliphatic hydroxyl groups excluding tert-OH is 1. The van der Waals surface area contributed by atoms with E-state index in [1.54, 1.807) is 13.8 Å². The first-order valence-corrected chi connectivity index (χ1v) is 6.69. The molecule has 2 saturated heterocycles. The molecule has 0 saturated carbocycles. The highest BCUT2D eigenvalue weighted by Crippen LogP contribution is 2.40. The quantitative estimate of drug-likeness (QED) is 0.708. The molecular formula is C13H20O8. The van der Waals surface area contributed by atoms with Gasteiger partial charge >= 0.3 is 11.9 Å². The van der Waals surface area contributed by atoms with Gasteiger partial charge in [0.1, 0.15) is 24.9 Å². The van der Waals surface area contributed by atoms with Crippen LogP contribution in [0.5, 0.6) is 0 Å². The topological polar surface area (TPSA) is 101 Å². The summed E-state index contributed by atoms with van der Waals surface area (Å²) in [6.45, 7) is 5.68. The second-order valence-electron chi connectivity index (χ2n) is 5.51. The molecule has 0 aliphatic carbocycles. The van der Waals surface area contributed by atoms with Crippen molar-refractivity contribution in [2.75, 3.05) is 6.61 Å². The minimum absolute atomic E-state index is 0.236. The van der Waals surface area contributed by atoms with E-state index in [1.807, 2.05) is 0 Å². The molecule has 2 aliphatic rings. The van der Waals surface area contributed by atoms with Crippen molar-refractivity contribution in [2.45, 2.75) is 64.2 Å². The monoisotopic (exact) mass is 304 g/mol. The Morgan fingerprint density at radius 1 is 1.19 bits per heavy atom. The number of hydrogen-bond acceptors (Lipinski definition) is 8. The van der Waals surface area contributed by atoms with E-state index >= 15 is 0 Å². The van der Waals surface area contributed by atoms with Gasteiger partial charge in [0.2, 0.25) is 6.29 Å². The fourth-order valence-electron chi connectivity index (χ4n) is 2.46. The number of carbonyl (C=O) groups excluding carboxylic acids is 2. The molecule has 2 fully saturated rings. The Morgan fingerprint density at radius 2 is 1.81 bits per heavy atom. The Kier molecular flexibility index (Phi) is 4.52. The number of aliphatic hydroxyl groups is 1. The highest BCUT2D eigenvalue weighted by atomic mass is 16.8. The number of ether oxygens (including phenoxy) is 5. The van der Waals surface area contributed by atoms with Crippen molar-refractivity contribution < 1.29 is 38.4 Å². The van der Waals surface area contributed by atoms with Crippen LogP contribution in [-0.4, -0.2) is 60.1 Å². The third-order valence-corrected chi connectivity index (χ3v) is 3.17. The van der Waals surface area contributed by atoms with Crippen molar-refractivity contribution in [3.8, 4) is 0 Å². The Balaban J connectivity index is 2.07. The van der Waals surface area contributed by atoms with E-state index in [2.05, 4.69) is 0 Å². The fourth-order valence-corrected chi connectivity index (χ4v) is 2.46. The lowest BCUT2D eigenvalue weighted by Gasteiger charge is -2.25. The molecule has 0 spiro atoms. The van der Waals surface area contributed by atoms with Crippen LogP contribution < -0.4 is 0 Å². The van der Waals surface area contributed by atoms with Gasteiger partial charge in [0.05, 0.1) is 0 Å². The molecule has 0 bridgehead atoms. The lowest BCUT2D eigenvalue weighted by atomic mass is 10.1. The molecule has 8 nitrogen and oxygen atoms in total. The summed E-state index contributed by atoms with van der Waals surface area (Å²) < 4.78 is 26.6. The summed E-state index contributed by atoms with van der Waals surface area (Å²) in [7, 11) is 0. The van der Waals surface area contributed by atoms with Gasteiger partial charge in [0.15, 0.2) is 11.9 Å². The first-order valence-electron chi connectivity index (χ1n) is 6.69. The van der Waals surface area contributed by atoms with E-state index < -0.39 is 48.4 Å². The van der Waals surface area contributed by atoms with Gasteiger partial charge in [-0.1, -0.05) is 0 Å². The molecule has 2 heterocycles. The zero-order chi connectivity index (χ0) is 15.8. The van der Waals surface area contributed by atoms with Crippen LogP contribution in [-0.2, 0) is 33.3 Å². The van der Waals surface area contributed by atoms with E-state index in [4.69, 9.17) is 23.7 Å². The standard InChI is InChI=1S/C13H20O8/c1-6(14)17-5-8(16)9-10-11(21-13(3,4)20-10)12(19-9)18-7(2)15/h8-12,16H,5H2,1-4H3/t8-,9-,10+,11+,12?/m1/s1. The van der Waals surface area contributed by atoms with Gasteiger partial charge in [-0.25, -0.2) is 0 Å². The second kappa shape index (κ2) is 5.88. The van der Waals surface area contributed by atoms with E-state index in [1.165, 1.54) is 13.8 Å². The number of esters is 2. The molecular weight excluding hydrogens is 284 g/mol. The number of hydrogen-bond donors (Lipinski definition) is 1. The van der Waals surface area contributed by atoms with Crippen LogP contribution in [0.3, 0.4) is 0 Å². The summed E-state index contributed by atoms with van der Waals surface area (Å²) in [4.78, 5) is 21.9. The first-order chi connectivity index (χ1) is 9.69. The molecule has 0 amide bonds. The highest BCUT2D eigenvalue weighted by molar-refractivity contribution is 5.66.